The molecule has 0 bridgehead atoms. The second-order valence-corrected chi connectivity index (χ2v) is 5.18. The molecule has 1 heterocycles. The van der Waals surface area contributed by atoms with Crippen LogP contribution in [0.2, 0.25) is 0 Å². The van der Waals surface area contributed by atoms with Gasteiger partial charge in [-0.1, -0.05) is 24.3 Å². The molecule has 0 amide bonds. The second kappa shape index (κ2) is 8.48. The SMILES string of the molecule is CC1(C)OC(CC/C=C/CO)C(CC/C=C/CO)O1. The van der Waals surface area contributed by atoms with Gasteiger partial charge < -0.3 is 19.7 Å². The summed E-state index contributed by atoms with van der Waals surface area (Å²) in [6.45, 7) is 4.05. The van der Waals surface area contributed by atoms with E-state index in [1.807, 2.05) is 26.0 Å². The molecule has 4 heteroatoms. The van der Waals surface area contributed by atoms with Crippen molar-refractivity contribution in [2.45, 2.75) is 57.5 Å². The highest BCUT2D eigenvalue weighted by Gasteiger charge is 2.39. The van der Waals surface area contributed by atoms with Crippen molar-refractivity contribution in [2.75, 3.05) is 13.2 Å². The first-order valence-corrected chi connectivity index (χ1v) is 6.96. The predicted octanol–water partition coefficient (Wildman–Crippen LogP) is 2.16. The fourth-order valence-electron chi connectivity index (χ4n) is 2.30. The molecule has 2 atom stereocenters. The summed E-state index contributed by atoms with van der Waals surface area (Å²) in [4.78, 5) is 0. The van der Waals surface area contributed by atoms with Gasteiger partial charge in [0.2, 0.25) is 0 Å². The molecule has 4 nitrogen and oxygen atoms in total. The van der Waals surface area contributed by atoms with Crippen LogP contribution in [0.25, 0.3) is 0 Å². The Balaban J connectivity index is 2.40. The highest BCUT2D eigenvalue weighted by Crippen LogP contribution is 2.32. The zero-order chi connectivity index (χ0) is 14.1. The Hall–Kier alpha value is -0.680. The van der Waals surface area contributed by atoms with Crippen LogP contribution in [0.15, 0.2) is 24.3 Å². The minimum Gasteiger partial charge on any atom is -0.392 e. The maximum absolute atomic E-state index is 8.69. The Morgan fingerprint density at radius 1 is 0.842 bits per heavy atom. The number of rotatable bonds is 8. The van der Waals surface area contributed by atoms with Crippen LogP contribution in [0.4, 0.5) is 0 Å². The zero-order valence-electron chi connectivity index (χ0n) is 11.9. The molecule has 0 saturated carbocycles. The third-order valence-corrected chi connectivity index (χ3v) is 3.06. The number of hydrogen-bond donors (Lipinski definition) is 2. The Labute approximate surface area is 115 Å². The van der Waals surface area contributed by atoms with E-state index in [1.165, 1.54) is 0 Å². The van der Waals surface area contributed by atoms with E-state index in [0.717, 1.165) is 25.7 Å². The molecule has 0 aromatic carbocycles. The van der Waals surface area contributed by atoms with E-state index >= 15 is 0 Å². The van der Waals surface area contributed by atoms with Crippen molar-refractivity contribution >= 4 is 0 Å². The van der Waals surface area contributed by atoms with Crippen molar-refractivity contribution < 1.29 is 19.7 Å². The van der Waals surface area contributed by atoms with E-state index in [-0.39, 0.29) is 25.4 Å². The highest BCUT2D eigenvalue weighted by atomic mass is 16.7. The minimum absolute atomic E-state index is 0.0862. The molecule has 1 saturated heterocycles. The summed E-state index contributed by atoms with van der Waals surface area (Å²) in [5.74, 6) is -0.517. The topological polar surface area (TPSA) is 58.9 Å². The van der Waals surface area contributed by atoms with Crippen LogP contribution in [0.3, 0.4) is 0 Å². The van der Waals surface area contributed by atoms with E-state index < -0.39 is 5.79 Å². The highest BCUT2D eigenvalue weighted by molar-refractivity contribution is 4.89. The molecule has 1 aliphatic heterocycles. The third kappa shape index (κ3) is 6.34. The molecule has 0 aromatic heterocycles. The van der Waals surface area contributed by atoms with Crippen LogP contribution >= 0.6 is 0 Å². The molecule has 0 spiro atoms. The molecular formula is C15H26O4. The molecule has 19 heavy (non-hydrogen) atoms. The lowest BCUT2D eigenvalue weighted by atomic mass is 10.0. The van der Waals surface area contributed by atoms with Crippen molar-refractivity contribution in [3.63, 3.8) is 0 Å². The zero-order valence-corrected chi connectivity index (χ0v) is 11.9. The van der Waals surface area contributed by atoms with Crippen molar-refractivity contribution in [3.8, 4) is 0 Å². The largest absolute Gasteiger partial charge is 0.392 e. The van der Waals surface area contributed by atoms with E-state index in [1.54, 1.807) is 12.2 Å². The number of aliphatic hydroxyl groups is 2. The first kappa shape index (κ1) is 16.4. The third-order valence-electron chi connectivity index (χ3n) is 3.06. The van der Waals surface area contributed by atoms with Gasteiger partial charge in [-0.2, -0.15) is 0 Å². The summed E-state index contributed by atoms with van der Waals surface area (Å²) in [6.07, 6.45) is 11.2. The normalized spacial score (nSPS) is 26.7. The fourth-order valence-corrected chi connectivity index (χ4v) is 2.30. The van der Waals surface area contributed by atoms with Crippen molar-refractivity contribution in [1.82, 2.24) is 0 Å². The van der Waals surface area contributed by atoms with Gasteiger partial charge in [0, 0.05) is 0 Å². The van der Waals surface area contributed by atoms with Gasteiger partial charge in [0.15, 0.2) is 5.79 Å². The predicted molar refractivity (Wildman–Crippen MR) is 74.7 cm³/mol. The van der Waals surface area contributed by atoms with Crippen molar-refractivity contribution in [3.05, 3.63) is 24.3 Å². The molecule has 1 rings (SSSR count). The number of ether oxygens (including phenoxy) is 2. The molecule has 0 aliphatic carbocycles. The Morgan fingerprint density at radius 2 is 1.26 bits per heavy atom. The van der Waals surface area contributed by atoms with Crippen LogP contribution in [0, 0.1) is 0 Å². The summed E-state index contributed by atoms with van der Waals surface area (Å²) in [7, 11) is 0. The Bertz CT molecular complexity index is 269. The van der Waals surface area contributed by atoms with Gasteiger partial charge in [0.25, 0.3) is 0 Å². The lowest BCUT2D eigenvalue weighted by molar-refractivity contribution is -0.147. The standard InChI is InChI=1S/C15H26O4/c1-15(2)18-13(9-5-3-7-11-16)14(19-15)10-6-4-8-12-17/h3-4,7-8,13-14,16-17H,5-6,9-12H2,1-2H3/b7-3+,8-4+. The van der Waals surface area contributed by atoms with Gasteiger partial charge in [-0.15, -0.1) is 0 Å². The van der Waals surface area contributed by atoms with Gasteiger partial charge in [0.05, 0.1) is 25.4 Å². The number of hydrogen-bond acceptors (Lipinski definition) is 4. The van der Waals surface area contributed by atoms with Crippen LogP contribution in [0.1, 0.15) is 39.5 Å². The Kier molecular flexibility index (Phi) is 7.31. The lowest BCUT2D eigenvalue weighted by Crippen LogP contribution is -2.22. The van der Waals surface area contributed by atoms with E-state index in [9.17, 15) is 0 Å². The van der Waals surface area contributed by atoms with E-state index in [0.29, 0.717) is 0 Å². The summed E-state index contributed by atoms with van der Waals surface area (Å²) in [5, 5.41) is 17.4. The van der Waals surface area contributed by atoms with Gasteiger partial charge in [-0.05, 0) is 39.5 Å². The molecule has 0 radical (unpaired) electrons. The average molecular weight is 270 g/mol. The smallest absolute Gasteiger partial charge is 0.163 e. The minimum atomic E-state index is -0.517. The quantitative estimate of drug-likeness (QED) is 0.664. The van der Waals surface area contributed by atoms with Gasteiger partial charge in [-0.3, -0.25) is 0 Å². The summed E-state index contributed by atoms with van der Waals surface area (Å²) in [5.41, 5.74) is 0. The van der Waals surface area contributed by atoms with Gasteiger partial charge >= 0.3 is 0 Å². The van der Waals surface area contributed by atoms with Crippen molar-refractivity contribution in [2.24, 2.45) is 0 Å². The second-order valence-electron chi connectivity index (χ2n) is 5.18. The molecule has 110 valence electrons. The van der Waals surface area contributed by atoms with E-state index in [4.69, 9.17) is 19.7 Å². The summed E-state index contributed by atoms with van der Waals surface area (Å²) < 4.78 is 11.8. The number of aliphatic hydroxyl groups excluding tert-OH is 2. The van der Waals surface area contributed by atoms with Gasteiger partial charge in [-0.25, -0.2) is 0 Å². The van der Waals surface area contributed by atoms with Crippen LogP contribution in [-0.2, 0) is 9.47 Å². The molecule has 1 fully saturated rings. The molecule has 2 N–H and O–H groups in total. The van der Waals surface area contributed by atoms with Crippen LogP contribution in [-0.4, -0.2) is 41.4 Å². The maximum atomic E-state index is 8.69. The van der Waals surface area contributed by atoms with Crippen LogP contribution < -0.4 is 0 Å². The molecule has 0 aromatic rings. The van der Waals surface area contributed by atoms with Gasteiger partial charge in [0.1, 0.15) is 0 Å². The summed E-state index contributed by atoms with van der Waals surface area (Å²) in [6, 6.07) is 0. The molecule has 1 aliphatic rings. The molecular weight excluding hydrogens is 244 g/mol. The first-order chi connectivity index (χ1) is 9.09. The van der Waals surface area contributed by atoms with Crippen molar-refractivity contribution in [1.29, 1.82) is 0 Å². The monoisotopic (exact) mass is 270 g/mol. The molecule has 2 unspecified atom stereocenters. The summed E-state index contributed by atoms with van der Waals surface area (Å²) >= 11 is 0. The Morgan fingerprint density at radius 3 is 1.63 bits per heavy atom. The first-order valence-electron chi connectivity index (χ1n) is 6.96. The average Bonchev–Trinajstić information content (AvgIpc) is 2.65. The van der Waals surface area contributed by atoms with Crippen LogP contribution in [0.5, 0.6) is 0 Å². The fraction of sp³-hybridized carbons (Fsp3) is 0.733. The number of allylic oxidation sites excluding steroid dienone is 2. The maximum Gasteiger partial charge on any atom is 0.163 e. The lowest BCUT2D eigenvalue weighted by Gasteiger charge is -2.16. The van der Waals surface area contributed by atoms with E-state index in [2.05, 4.69) is 0 Å².